The van der Waals surface area contributed by atoms with Crippen molar-refractivity contribution in [3.63, 3.8) is 0 Å². The zero-order chi connectivity index (χ0) is 22.2. The zero-order valence-corrected chi connectivity index (χ0v) is 19.8. The molecule has 11 heteroatoms. The summed E-state index contributed by atoms with van der Waals surface area (Å²) in [4.78, 5) is 7.46. The predicted molar refractivity (Wildman–Crippen MR) is 129 cm³/mol. The molecule has 0 bridgehead atoms. The summed E-state index contributed by atoms with van der Waals surface area (Å²) in [5, 5.41) is 3.86. The topological polar surface area (TPSA) is 83.6 Å². The molecule has 1 aliphatic heterocycles. The minimum atomic E-state index is -3.50. The van der Waals surface area contributed by atoms with E-state index in [-0.39, 0.29) is 12.1 Å². The number of ether oxygens (including phenoxy) is 1. The molecule has 2 N–H and O–H groups in total. The van der Waals surface area contributed by atoms with Gasteiger partial charge < -0.3 is 15.0 Å². The lowest BCUT2D eigenvalue weighted by Gasteiger charge is -2.27. The molecule has 4 rings (SSSR count). The number of sulfonamides is 1. The number of anilines is 2. The molecular formula is C20H19ClN4O3S3. The first-order valence-corrected chi connectivity index (χ1v) is 12.7. The molecule has 3 heterocycles. The Bertz CT molecular complexity index is 1220. The van der Waals surface area contributed by atoms with Gasteiger partial charge in [-0.15, -0.1) is 11.3 Å². The molecule has 31 heavy (non-hydrogen) atoms. The lowest BCUT2D eigenvalue weighted by Crippen LogP contribution is -2.29. The van der Waals surface area contributed by atoms with Crippen LogP contribution in [-0.2, 0) is 10.0 Å². The summed E-state index contributed by atoms with van der Waals surface area (Å²) in [5.74, 6) is 0.407. The highest BCUT2D eigenvalue weighted by Gasteiger charge is 2.41. The van der Waals surface area contributed by atoms with Gasteiger partial charge in [-0.3, -0.25) is 9.71 Å². The molecule has 0 amide bonds. The molecule has 2 aromatic heterocycles. The molecule has 0 unspecified atom stereocenters. The first-order chi connectivity index (χ1) is 14.8. The monoisotopic (exact) mass is 494 g/mol. The molecule has 1 aliphatic rings. The number of thiocarbonyl (C=S) groups is 1. The Kier molecular flexibility index (Phi) is 6.07. The Morgan fingerprint density at radius 1 is 1.26 bits per heavy atom. The van der Waals surface area contributed by atoms with Crippen LogP contribution in [0.25, 0.3) is 0 Å². The maximum atomic E-state index is 11.9. The summed E-state index contributed by atoms with van der Waals surface area (Å²) >= 11 is 13.4. The summed E-state index contributed by atoms with van der Waals surface area (Å²) in [6.45, 7) is 0. The molecule has 162 valence electrons. The normalized spacial score (nSPS) is 18.7. The van der Waals surface area contributed by atoms with Crippen LogP contribution in [0.1, 0.15) is 22.7 Å². The van der Waals surface area contributed by atoms with E-state index in [9.17, 15) is 8.42 Å². The van der Waals surface area contributed by atoms with Crippen LogP contribution in [0.5, 0.6) is 5.75 Å². The van der Waals surface area contributed by atoms with E-state index < -0.39 is 10.0 Å². The summed E-state index contributed by atoms with van der Waals surface area (Å²) < 4.78 is 32.2. The molecular weight excluding hydrogens is 476 g/mol. The maximum absolute atomic E-state index is 11.9. The summed E-state index contributed by atoms with van der Waals surface area (Å²) in [6, 6.07) is 14.4. The van der Waals surface area contributed by atoms with Crippen molar-refractivity contribution in [3.8, 4) is 5.75 Å². The van der Waals surface area contributed by atoms with E-state index in [0.29, 0.717) is 26.6 Å². The maximum Gasteiger partial charge on any atom is 0.229 e. The van der Waals surface area contributed by atoms with Gasteiger partial charge >= 0.3 is 0 Å². The minimum absolute atomic E-state index is 0.211. The highest BCUT2D eigenvalue weighted by Crippen LogP contribution is 2.45. The van der Waals surface area contributed by atoms with Crippen LogP contribution in [-0.4, -0.2) is 31.9 Å². The van der Waals surface area contributed by atoms with Crippen LogP contribution >= 0.6 is 35.2 Å². The van der Waals surface area contributed by atoms with Crippen LogP contribution < -0.4 is 19.7 Å². The van der Waals surface area contributed by atoms with Crippen LogP contribution in [0.4, 0.5) is 11.4 Å². The van der Waals surface area contributed by atoms with E-state index in [1.54, 1.807) is 18.3 Å². The molecule has 0 radical (unpaired) electrons. The van der Waals surface area contributed by atoms with Gasteiger partial charge in [-0.25, -0.2) is 8.42 Å². The van der Waals surface area contributed by atoms with Crippen LogP contribution in [0.3, 0.4) is 0 Å². The second kappa shape index (κ2) is 8.62. The molecule has 0 saturated carbocycles. The smallest absolute Gasteiger partial charge is 0.229 e. The highest BCUT2D eigenvalue weighted by molar-refractivity contribution is 7.92. The molecule has 0 aliphatic carbocycles. The number of rotatable bonds is 6. The van der Waals surface area contributed by atoms with E-state index in [1.807, 2.05) is 41.3 Å². The fourth-order valence-corrected chi connectivity index (χ4v) is 5.63. The molecule has 2 atom stereocenters. The quantitative estimate of drug-likeness (QED) is 0.493. The van der Waals surface area contributed by atoms with Crippen LogP contribution in [0.15, 0.2) is 54.7 Å². The van der Waals surface area contributed by atoms with Gasteiger partial charge in [0.15, 0.2) is 5.11 Å². The van der Waals surface area contributed by atoms with Gasteiger partial charge in [-0.2, -0.15) is 0 Å². The summed E-state index contributed by atoms with van der Waals surface area (Å²) in [5.41, 5.74) is 1.87. The molecule has 1 aromatic carbocycles. The van der Waals surface area contributed by atoms with Gasteiger partial charge in [0.1, 0.15) is 5.75 Å². The average Bonchev–Trinajstić information content (AvgIpc) is 3.30. The fraction of sp³-hybridized carbons (Fsp3) is 0.200. The summed E-state index contributed by atoms with van der Waals surface area (Å²) in [6.07, 6.45) is 2.83. The Morgan fingerprint density at radius 2 is 2.06 bits per heavy atom. The number of hydrogen-bond donors (Lipinski definition) is 2. The van der Waals surface area contributed by atoms with Crippen LogP contribution in [0.2, 0.25) is 4.34 Å². The van der Waals surface area contributed by atoms with Gasteiger partial charge in [0.2, 0.25) is 10.0 Å². The third-order valence-electron chi connectivity index (χ3n) is 4.74. The Morgan fingerprint density at radius 3 is 2.68 bits per heavy atom. The Balaban J connectivity index is 1.82. The lowest BCUT2D eigenvalue weighted by molar-refractivity contribution is 0.417. The van der Waals surface area contributed by atoms with E-state index in [2.05, 4.69) is 15.0 Å². The van der Waals surface area contributed by atoms with Crippen molar-refractivity contribution >= 4 is 61.7 Å². The van der Waals surface area contributed by atoms with Crippen molar-refractivity contribution in [3.05, 3.63) is 69.6 Å². The number of methoxy groups -OCH3 is 1. The number of pyridine rings is 1. The van der Waals surface area contributed by atoms with Gasteiger partial charge in [0.05, 0.1) is 41.2 Å². The van der Waals surface area contributed by atoms with Crippen molar-refractivity contribution < 1.29 is 13.2 Å². The van der Waals surface area contributed by atoms with Crippen molar-refractivity contribution in [2.75, 3.05) is 23.0 Å². The number of thiophene rings is 1. The largest absolute Gasteiger partial charge is 0.495 e. The SMILES string of the molecule is COc1ccc(N2C(=S)N[C@@H](c3ccccn3)[C@H]2c2ccc(Cl)s2)cc1NS(C)(=O)=O. The van der Waals surface area contributed by atoms with E-state index in [0.717, 1.165) is 16.8 Å². The minimum Gasteiger partial charge on any atom is -0.495 e. The second-order valence-corrected chi connectivity index (χ2v) is 10.8. The number of halogens is 1. The van der Waals surface area contributed by atoms with Crippen LogP contribution in [0, 0.1) is 0 Å². The fourth-order valence-electron chi connectivity index (χ4n) is 3.53. The number of hydrogen-bond acceptors (Lipinski definition) is 6. The zero-order valence-electron chi connectivity index (χ0n) is 16.6. The van der Waals surface area contributed by atoms with E-state index in [1.165, 1.54) is 18.4 Å². The summed E-state index contributed by atoms with van der Waals surface area (Å²) in [7, 11) is -2.02. The number of aromatic nitrogens is 1. The lowest BCUT2D eigenvalue weighted by atomic mass is 10.0. The van der Waals surface area contributed by atoms with Gasteiger partial charge in [0, 0.05) is 16.8 Å². The van der Waals surface area contributed by atoms with Crippen molar-refractivity contribution in [1.29, 1.82) is 0 Å². The third kappa shape index (κ3) is 4.62. The van der Waals surface area contributed by atoms with Crippen molar-refractivity contribution in [1.82, 2.24) is 10.3 Å². The van der Waals surface area contributed by atoms with Gasteiger partial charge in [0.25, 0.3) is 0 Å². The third-order valence-corrected chi connectivity index (χ3v) is 6.95. The van der Waals surface area contributed by atoms with Crippen molar-refractivity contribution in [2.24, 2.45) is 0 Å². The molecule has 0 spiro atoms. The van der Waals surface area contributed by atoms with Gasteiger partial charge in [-0.05, 0) is 54.7 Å². The van der Waals surface area contributed by atoms with E-state index in [4.69, 9.17) is 28.6 Å². The molecule has 3 aromatic rings. The van der Waals surface area contributed by atoms with E-state index >= 15 is 0 Å². The first kappa shape index (κ1) is 21.8. The number of nitrogens with one attached hydrogen (secondary N) is 2. The van der Waals surface area contributed by atoms with Gasteiger partial charge in [-0.1, -0.05) is 17.7 Å². The first-order valence-electron chi connectivity index (χ1n) is 9.18. The average molecular weight is 495 g/mol. The Labute approximate surface area is 195 Å². The second-order valence-electron chi connectivity index (χ2n) is 6.90. The molecule has 1 saturated heterocycles. The standard InChI is InChI=1S/C20H19ClN4O3S3/c1-28-15-7-6-12(11-14(15)24-31(2,26)27)25-19(16-8-9-17(21)30-16)18(23-20(25)29)13-5-3-4-10-22-13/h3-11,18-19,24H,1-2H3,(H,23,29)/t18-,19+/m0/s1. The van der Waals surface area contributed by atoms with Crippen molar-refractivity contribution in [2.45, 2.75) is 12.1 Å². The Hall–Kier alpha value is -2.40. The number of benzene rings is 1. The number of nitrogens with zero attached hydrogens (tertiary/aromatic N) is 2. The molecule has 7 nitrogen and oxygen atoms in total. The molecule has 1 fully saturated rings. The predicted octanol–water partition coefficient (Wildman–Crippen LogP) is 4.35. The highest BCUT2D eigenvalue weighted by atomic mass is 35.5.